The van der Waals surface area contributed by atoms with Crippen molar-refractivity contribution in [2.75, 3.05) is 0 Å². The van der Waals surface area contributed by atoms with Crippen molar-refractivity contribution in [1.29, 1.82) is 0 Å². The second-order valence-corrected chi connectivity index (χ2v) is 2.36. The Bertz CT molecular complexity index is 197. The van der Waals surface area contributed by atoms with Gasteiger partial charge in [0.15, 0.2) is 0 Å². The normalized spacial score (nSPS) is 11.8. The minimum absolute atomic E-state index is 0.600. The van der Waals surface area contributed by atoms with E-state index in [1.807, 2.05) is 6.92 Å². The summed E-state index contributed by atoms with van der Waals surface area (Å²) in [6, 6.07) is 0. The van der Waals surface area contributed by atoms with Gasteiger partial charge in [-0.3, -0.25) is 0 Å². The van der Waals surface area contributed by atoms with Gasteiger partial charge in [-0.25, -0.2) is 0 Å². The van der Waals surface area contributed by atoms with Crippen LogP contribution in [0, 0.1) is 0 Å². The summed E-state index contributed by atoms with van der Waals surface area (Å²) in [7, 11) is 0. The summed E-state index contributed by atoms with van der Waals surface area (Å²) in [6.07, 6.45) is 3.25. The molecule has 1 heteroatoms. The Hall–Kier alpha value is -0.750. The van der Waals surface area contributed by atoms with Crippen molar-refractivity contribution in [2.24, 2.45) is 0 Å². The lowest BCUT2D eigenvalue weighted by atomic mass is 10.1. The standard InChI is InChI=1S/C9H11Cl/c1-5-8(7(3)4)9(10)6-2/h5-6H,1-3H2,4H3/b9-8-. The quantitative estimate of drug-likeness (QED) is 0.547. The van der Waals surface area contributed by atoms with E-state index in [4.69, 9.17) is 11.6 Å². The predicted octanol–water partition coefficient (Wildman–Crippen LogP) is 3.43. The minimum Gasteiger partial charge on any atom is -0.0984 e. The molecular weight excluding hydrogens is 144 g/mol. The molecule has 0 aliphatic carbocycles. The fraction of sp³-hybridized carbons (Fsp3) is 0.111. The van der Waals surface area contributed by atoms with E-state index in [-0.39, 0.29) is 0 Å². The van der Waals surface area contributed by atoms with Crippen LogP contribution in [0.1, 0.15) is 6.92 Å². The van der Waals surface area contributed by atoms with Crippen LogP contribution in [0.3, 0.4) is 0 Å². The first-order valence-electron chi connectivity index (χ1n) is 2.94. The molecule has 0 aliphatic heterocycles. The van der Waals surface area contributed by atoms with E-state index < -0.39 is 0 Å². The topological polar surface area (TPSA) is 0 Å². The van der Waals surface area contributed by atoms with E-state index in [9.17, 15) is 0 Å². The maximum atomic E-state index is 5.76. The number of rotatable bonds is 3. The third-order valence-electron chi connectivity index (χ3n) is 1.10. The van der Waals surface area contributed by atoms with Crippen molar-refractivity contribution >= 4 is 11.6 Å². The smallest absolute Gasteiger partial charge is 0.0474 e. The number of allylic oxidation sites excluding steroid dienone is 5. The lowest BCUT2D eigenvalue weighted by Crippen LogP contribution is -1.80. The van der Waals surface area contributed by atoms with Crippen LogP contribution in [0.25, 0.3) is 0 Å². The minimum atomic E-state index is 0.600. The van der Waals surface area contributed by atoms with Gasteiger partial charge in [0.05, 0.1) is 0 Å². The molecule has 0 nitrogen and oxygen atoms in total. The predicted molar refractivity (Wildman–Crippen MR) is 48.1 cm³/mol. The number of hydrogen-bond acceptors (Lipinski definition) is 0. The first-order chi connectivity index (χ1) is 4.63. The van der Waals surface area contributed by atoms with Gasteiger partial charge in [-0.15, -0.1) is 0 Å². The average molecular weight is 155 g/mol. The van der Waals surface area contributed by atoms with Crippen LogP contribution in [0.2, 0.25) is 0 Å². The zero-order chi connectivity index (χ0) is 8.15. The summed E-state index contributed by atoms with van der Waals surface area (Å²) >= 11 is 5.76. The van der Waals surface area contributed by atoms with Gasteiger partial charge in [0.2, 0.25) is 0 Å². The van der Waals surface area contributed by atoms with Gasteiger partial charge in [-0.05, 0) is 18.1 Å². The highest BCUT2D eigenvalue weighted by atomic mass is 35.5. The van der Waals surface area contributed by atoms with Crippen LogP contribution in [-0.4, -0.2) is 0 Å². The first kappa shape index (κ1) is 9.25. The summed E-state index contributed by atoms with van der Waals surface area (Å²) < 4.78 is 0. The van der Waals surface area contributed by atoms with Crippen molar-refractivity contribution in [1.82, 2.24) is 0 Å². The van der Waals surface area contributed by atoms with Crippen molar-refractivity contribution in [3.8, 4) is 0 Å². The Morgan fingerprint density at radius 3 is 1.90 bits per heavy atom. The van der Waals surface area contributed by atoms with Gasteiger partial charge in [0, 0.05) is 5.03 Å². The van der Waals surface area contributed by atoms with Crippen LogP contribution in [-0.2, 0) is 0 Å². The third-order valence-corrected chi connectivity index (χ3v) is 1.46. The molecule has 0 radical (unpaired) electrons. The fourth-order valence-electron chi connectivity index (χ4n) is 0.586. The molecule has 0 aromatic carbocycles. The molecule has 0 aromatic rings. The van der Waals surface area contributed by atoms with E-state index in [2.05, 4.69) is 19.7 Å². The van der Waals surface area contributed by atoms with Gasteiger partial charge in [-0.1, -0.05) is 43.5 Å². The van der Waals surface area contributed by atoms with Gasteiger partial charge in [0.25, 0.3) is 0 Å². The summed E-state index contributed by atoms with van der Waals surface area (Å²) in [5.41, 5.74) is 1.76. The molecule has 0 fully saturated rings. The molecule has 0 bridgehead atoms. The summed E-state index contributed by atoms with van der Waals surface area (Å²) in [5, 5.41) is 0.600. The molecule has 10 heavy (non-hydrogen) atoms. The Balaban J connectivity index is 4.79. The molecule has 54 valence electrons. The molecule has 0 aromatic heterocycles. The SMILES string of the molecule is C=C/C(Cl)=C(\C=C)C(=C)C. The molecule has 0 atom stereocenters. The van der Waals surface area contributed by atoms with Gasteiger partial charge in [-0.2, -0.15) is 0 Å². The molecule has 0 unspecified atom stereocenters. The molecule has 0 spiro atoms. The first-order valence-corrected chi connectivity index (χ1v) is 3.31. The zero-order valence-electron chi connectivity index (χ0n) is 6.15. The summed E-state index contributed by atoms with van der Waals surface area (Å²) in [5.74, 6) is 0. The van der Waals surface area contributed by atoms with Crippen molar-refractivity contribution < 1.29 is 0 Å². The molecule has 0 amide bonds. The third kappa shape index (κ3) is 2.24. The molecule has 0 heterocycles. The monoisotopic (exact) mass is 154 g/mol. The van der Waals surface area contributed by atoms with Crippen molar-refractivity contribution in [2.45, 2.75) is 6.92 Å². The molecule has 0 saturated heterocycles. The fourth-order valence-corrected chi connectivity index (χ4v) is 0.824. The zero-order valence-corrected chi connectivity index (χ0v) is 6.91. The highest BCUT2D eigenvalue weighted by Crippen LogP contribution is 2.17. The van der Waals surface area contributed by atoms with Crippen molar-refractivity contribution in [3.63, 3.8) is 0 Å². The summed E-state index contributed by atoms with van der Waals surface area (Å²) in [6.45, 7) is 12.7. The number of hydrogen-bond donors (Lipinski definition) is 0. The molecule has 0 rings (SSSR count). The van der Waals surface area contributed by atoms with Gasteiger partial charge < -0.3 is 0 Å². The molecular formula is C9H11Cl. The van der Waals surface area contributed by atoms with Crippen LogP contribution >= 0.6 is 11.6 Å². The highest BCUT2D eigenvalue weighted by Gasteiger charge is 1.96. The Kier molecular flexibility index (Phi) is 3.82. The van der Waals surface area contributed by atoms with Crippen molar-refractivity contribution in [3.05, 3.63) is 48.1 Å². The molecule has 0 aliphatic rings. The molecule has 0 saturated carbocycles. The summed E-state index contributed by atoms with van der Waals surface area (Å²) in [4.78, 5) is 0. The van der Waals surface area contributed by atoms with E-state index in [0.717, 1.165) is 11.1 Å². The van der Waals surface area contributed by atoms with E-state index >= 15 is 0 Å². The largest absolute Gasteiger partial charge is 0.0984 e. The van der Waals surface area contributed by atoms with Crippen LogP contribution in [0.15, 0.2) is 48.1 Å². The Morgan fingerprint density at radius 1 is 1.30 bits per heavy atom. The lowest BCUT2D eigenvalue weighted by Gasteiger charge is -1.99. The van der Waals surface area contributed by atoms with Crippen LogP contribution < -0.4 is 0 Å². The second-order valence-electron chi connectivity index (χ2n) is 1.95. The van der Waals surface area contributed by atoms with Gasteiger partial charge >= 0.3 is 0 Å². The van der Waals surface area contributed by atoms with E-state index in [1.54, 1.807) is 12.2 Å². The Morgan fingerprint density at radius 2 is 1.80 bits per heavy atom. The van der Waals surface area contributed by atoms with Crippen LogP contribution in [0.5, 0.6) is 0 Å². The highest BCUT2D eigenvalue weighted by molar-refractivity contribution is 6.32. The second kappa shape index (κ2) is 4.13. The van der Waals surface area contributed by atoms with E-state index in [1.165, 1.54) is 0 Å². The molecule has 0 N–H and O–H groups in total. The van der Waals surface area contributed by atoms with Gasteiger partial charge in [0.1, 0.15) is 0 Å². The number of halogens is 1. The maximum absolute atomic E-state index is 5.76. The average Bonchev–Trinajstić information content (AvgIpc) is 1.88. The lowest BCUT2D eigenvalue weighted by molar-refractivity contribution is 1.45. The Labute approximate surface area is 67.2 Å². The van der Waals surface area contributed by atoms with E-state index in [0.29, 0.717) is 5.03 Å². The van der Waals surface area contributed by atoms with Crippen LogP contribution in [0.4, 0.5) is 0 Å². The maximum Gasteiger partial charge on any atom is 0.0474 e.